The molecule has 0 bridgehead atoms. The Balaban J connectivity index is 1.50. The summed E-state index contributed by atoms with van der Waals surface area (Å²) in [4.78, 5) is 32.2. The minimum Gasteiger partial charge on any atom is -0.457 e. The van der Waals surface area contributed by atoms with Crippen LogP contribution in [0.4, 0.5) is 11.4 Å². The minimum atomic E-state index is -1.05. The maximum atomic E-state index is 12.3. The van der Waals surface area contributed by atoms with Crippen molar-refractivity contribution in [3.8, 4) is 0 Å². The van der Waals surface area contributed by atoms with Gasteiger partial charge in [-0.3, -0.25) is 0 Å². The smallest absolute Gasteiger partial charge is 0.441 e. The second-order valence-corrected chi connectivity index (χ2v) is 7.56. The monoisotopic (exact) mass is 411 g/mol. The van der Waals surface area contributed by atoms with Crippen molar-refractivity contribution < 1.29 is 19.2 Å². The number of carbonyl (C=O) groups is 2. The van der Waals surface area contributed by atoms with Gasteiger partial charge in [0.25, 0.3) is 0 Å². The summed E-state index contributed by atoms with van der Waals surface area (Å²) >= 11 is 0. The minimum absolute atomic E-state index is 0.178. The Kier molecular flexibility index (Phi) is 7.82. The normalized spacial score (nSPS) is 19.1. The lowest BCUT2D eigenvalue weighted by Crippen LogP contribution is -2.54. The molecule has 7 nitrogen and oxygen atoms in total. The van der Waals surface area contributed by atoms with Gasteiger partial charge in [0.2, 0.25) is 0 Å². The van der Waals surface area contributed by atoms with Crippen LogP contribution >= 0.6 is 0 Å². The number of rotatable bonds is 7. The molecular formula is C23H29N3O4. The SMILES string of the molecule is CC1CN(CCCOC(=O)C(=O)ON(c2ccccc2)c2ccccc2)CC(C)N1. The molecule has 1 aliphatic heterocycles. The maximum absolute atomic E-state index is 12.3. The first-order valence-corrected chi connectivity index (χ1v) is 10.3. The third kappa shape index (κ3) is 6.30. The molecular weight excluding hydrogens is 382 g/mol. The first-order chi connectivity index (χ1) is 14.5. The number of benzene rings is 2. The van der Waals surface area contributed by atoms with Gasteiger partial charge in [-0.2, -0.15) is 5.06 Å². The van der Waals surface area contributed by atoms with Crippen molar-refractivity contribution in [2.75, 3.05) is 31.3 Å². The number of hydrogen-bond acceptors (Lipinski definition) is 7. The van der Waals surface area contributed by atoms with Crippen LogP contribution in [0.2, 0.25) is 0 Å². The van der Waals surface area contributed by atoms with E-state index in [1.54, 1.807) is 24.3 Å². The molecule has 2 aromatic rings. The molecule has 1 fully saturated rings. The van der Waals surface area contributed by atoms with E-state index >= 15 is 0 Å². The lowest BCUT2D eigenvalue weighted by atomic mass is 10.1. The van der Waals surface area contributed by atoms with Crippen LogP contribution in [-0.2, 0) is 19.2 Å². The molecule has 0 amide bonds. The van der Waals surface area contributed by atoms with Crippen LogP contribution in [0.15, 0.2) is 60.7 Å². The molecule has 3 rings (SSSR count). The van der Waals surface area contributed by atoms with E-state index in [0.717, 1.165) is 19.6 Å². The summed E-state index contributed by atoms with van der Waals surface area (Å²) in [5, 5.41) is 4.81. The predicted octanol–water partition coefficient (Wildman–Crippen LogP) is 2.90. The highest BCUT2D eigenvalue weighted by molar-refractivity contribution is 6.29. The van der Waals surface area contributed by atoms with Crippen LogP contribution in [0.1, 0.15) is 20.3 Å². The van der Waals surface area contributed by atoms with E-state index in [4.69, 9.17) is 9.57 Å². The summed E-state index contributed by atoms with van der Waals surface area (Å²) in [5.41, 5.74) is 1.26. The largest absolute Gasteiger partial charge is 0.457 e. The van der Waals surface area contributed by atoms with Crippen molar-refractivity contribution >= 4 is 23.3 Å². The van der Waals surface area contributed by atoms with Crippen LogP contribution in [-0.4, -0.2) is 55.2 Å². The zero-order valence-corrected chi connectivity index (χ0v) is 17.5. The standard InChI is InChI=1S/C23H29N3O4/c1-18-16-25(17-19(2)24-18)14-9-15-29-22(27)23(28)30-26(20-10-5-3-6-11-20)21-12-7-4-8-13-21/h3-8,10-13,18-19,24H,9,14-17H2,1-2H3. The van der Waals surface area contributed by atoms with Gasteiger partial charge in [0.05, 0.1) is 18.0 Å². The Hall–Kier alpha value is -2.90. The summed E-state index contributed by atoms with van der Waals surface area (Å²) in [6, 6.07) is 19.1. The van der Waals surface area contributed by atoms with Crippen molar-refractivity contribution in [2.24, 2.45) is 0 Å². The fourth-order valence-corrected chi connectivity index (χ4v) is 3.64. The molecule has 0 aliphatic carbocycles. The van der Waals surface area contributed by atoms with Crippen LogP contribution in [0, 0.1) is 0 Å². The van der Waals surface area contributed by atoms with Gasteiger partial charge in [-0.1, -0.05) is 36.4 Å². The first-order valence-electron chi connectivity index (χ1n) is 10.3. The lowest BCUT2D eigenvalue weighted by Gasteiger charge is -2.36. The predicted molar refractivity (Wildman–Crippen MR) is 115 cm³/mol. The van der Waals surface area contributed by atoms with E-state index < -0.39 is 11.9 Å². The van der Waals surface area contributed by atoms with Gasteiger partial charge >= 0.3 is 11.9 Å². The molecule has 1 N–H and O–H groups in total. The quantitative estimate of drug-likeness (QED) is 0.325. The molecule has 30 heavy (non-hydrogen) atoms. The number of carbonyl (C=O) groups excluding carboxylic acids is 2. The Bertz CT molecular complexity index is 766. The lowest BCUT2D eigenvalue weighted by molar-refractivity contribution is -0.167. The highest BCUT2D eigenvalue weighted by Gasteiger charge is 2.24. The molecule has 1 heterocycles. The zero-order chi connectivity index (χ0) is 21.3. The zero-order valence-electron chi connectivity index (χ0n) is 17.5. The number of nitrogens with zero attached hydrogens (tertiary/aromatic N) is 2. The second kappa shape index (κ2) is 10.8. The summed E-state index contributed by atoms with van der Waals surface area (Å²) in [5.74, 6) is -2.04. The second-order valence-electron chi connectivity index (χ2n) is 7.56. The fourth-order valence-electron chi connectivity index (χ4n) is 3.64. The van der Waals surface area contributed by atoms with Crippen molar-refractivity contribution in [1.82, 2.24) is 10.2 Å². The molecule has 2 unspecified atom stereocenters. The topological polar surface area (TPSA) is 71.1 Å². The summed E-state index contributed by atoms with van der Waals surface area (Å²) in [7, 11) is 0. The number of ether oxygens (including phenoxy) is 1. The third-order valence-corrected chi connectivity index (χ3v) is 4.81. The van der Waals surface area contributed by atoms with E-state index in [0.29, 0.717) is 29.9 Å². The molecule has 0 radical (unpaired) electrons. The maximum Gasteiger partial charge on any atom is 0.441 e. The van der Waals surface area contributed by atoms with Crippen molar-refractivity contribution in [2.45, 2.75) is 32.4 Å². The molecule has 2 atom stereocenters. The van der Waals surface area contributed by atoms with E-state index in [2.05, 4.69) is 24.1 Å². The highest BCUT2D eigenvalue weighted by Crippen LogP contribution is 2.25. The number of piperazine rings is 1. The average Bonchev–Trinajstić information content (AvgIpc) is 2.75. The third-order valence-electron chi connectivity index (χ3n) is 4.81. The number of nitrogens with one attached hydrogen (secondary N) is 1. The van der Waals surface area contributed by atoms with Crippen LogP contribution in [0.25, 0.3) is 0 Å². The van der Waals surface area contributed by atoms with Gasteiger partial charge < -0.3 is 19.8 Å². The molecule has 0 spiro atoms. The van der Waals surface area contributed by atoms with E-state index in [9.17, 15) is 9.59 Å². The molecule has 1 aliphatic rings. The Morgan fingerprint density at radius 3 is 2.00 bits per heavy atom. The Morgan fingerprint density at radius 1 is 0.933 bits per heavy atom. The highest BCUT2D eigenvalue weighted by atomic mass is 16.7. The van der Waals surface area contributed by atoms with Crippen molar-refractivity contribution in [1.29, 1.82) is 0 Å². The molecule has 7 heteroatoms. The van der Waals surface area contributed by atoms with Gasteiger partial charge in [0.1, 0.15) is 0 Å². The summed E-state index contributed by atoms with van der Waals surface area (Å²) in [6.07, 6.45) is 0.666. The number of hydrogen-bond donors (Lipinski definition) is 1. The van der Waals surface area contributed by atoms with Gasteiger partial charge in [0.15, 0.2) is 0 Å². The molecule has 160 valence electrons. The van der Waals surface area contributed by atoms with E-state index in [1.807, 2.05) is 36.4 Å². The molecule has 1 saturated heterocycles. The van der Waals surface area contributed by atoms with Crippen LogP contribution < -0.4 is 10.4 Å². The number of para-hydroxylation sites is 2. The van der Waals surface area contributed by atoms with E-state index in [1.165, 1.54) is 5.06 Å². The van der Waals surface area contributed by atoms with Gasteiger partial charge in [-0.05, 0) is 44.5 Å². The molecule has 0 aromatic heterocycles. The molecule has 0 saturated carbocycles. The van der Waals surface area contributed by atoms with Crippen molar-refractivity contribution in [3.05, 3.63) is 60.7 Å². The number of anilines is 2. The number of esters is 1. The van der Waals surface area contributed by atoms with E-state index in [-0.39, 0.29) is 6.61 Å². The molecule has 2 aromatic carbocycles. The van der Waals surface area contributed by atoms with Crippen molar-refractivity contribution in [3.63, 3.8) is 0 Å². The van der Waals surface area contributed by atoms with Crippen LogP contribution in [0.3, 0.4) is 0 Å². The fraction of sp³-hybridized carbons (Fsp3) is 0.391. The van der Waals surface area contributed by atoms with Gasteiger partial charge in [-0.25, -0.2) is 9.59 Å². The summed E-state index contributed by atoms with van der Waals surface area (Å²) < 4.78 is 5.14. The summed E-state index contributed by atoms with van der Waals surface area (Å²) in [6.45, 7) is 7.23. The van der Waals surface area contributed by atoms with Gasteiger partial charge in [0, 0.05) is 31.7 Å². The first kappa shape index (κ1) is 21.8. The average molecular weight is 412 g/mol. The Morgan fingerprint density at radius 2 is 1.47 bits per heavy atom. The Labute approximate surface area is 177 Å². The van der Waals surface area contributed by atoms with Gasteiger partial charge in [-0.15, -0.1) is 0 Å². The van der Waals surface area contributed by atoms with Crippen LogP contribution in [0.5, 0.6) is 0 Å².